The maximum atomic E-state index is 13.6. The molecule has 0 aliphatic carbocycles. The van der Waals surface area contributed by atoms with Crippen LogP contribution in [0.3, 0.4) is 0 Å². The number of hydrogen-bond acceptors (Lipinski definition) is 6. The van der Waals surface area contributed by atoms with Crippen molar-refractivity contribution in [2.24, 2.45) is 11.8 Å². The summed E-state index contributed by atoms with van der Waals surface area (Å²) in [4.78, 5) is 38.0. The molecular formula is C31H37ClN4O4. The van der Waals surface area contributed by atoms with E-state index in [2.05, 4.69) is 34.1 Å². The van der Waals surface area contributed by atoms with Gasteiger partial charge in [0, 0.05) is 30.9 Å². The number of nitrogens with zero attached hydrogens (tertiary/aromatic N) is 4. The number of hydrogen-bond donors (Lipinski definition) is 1. The second-order valence-electron chi connectivity index (χ2n) is 10.7. The number of carboxylic acids is 1. The molecule has 0 radical (unpaired) electrons. The van der Waals surface area contributed by atoms with E-state index in [1.165, 1.54) is 16.7 Å². The molecule has 9 heteroatoms. The van der Waals surface area contributed by atoms with E-state index in [1.54, 1.807) is 24.3 Å². The summed E-state index contributed by atoms with van der Waals surface area (Å²) in [6.07, 6.45) is 5.31. The Morgan fingerprint density at radius 1 is 1.10 bits per heavy atom. The normalized spacial score (nSPS) is 13.8. The van der Waals surface area contributed by atoms with Gasteiger partial charge in [0.1, 0.15) is 18.9 Å². The van der Waals surface area contributed by atoms with Crippen molar-refractivity contribution < 1.29 is 19.4 Å². The quantitative estimate of drug-likeness (QED) is 0.299. The zero-order valence-electron chi connectivity index (χ0n) is 23.1. The fourth-order valence-corrected chi connectivity index (χ4v) is 4.94. The molecule has 2 aromatic carbocycles. The van der Waals surface area contributed by atoms with E-state index in [0.717, 1.165) is 32.4 Å². The predicted octanol–water partition coefficient (Wildman–Crippen LogP) is 5.74. The summed E-state index contributed by atoms with van der Waals surface area (Å²) >= 11 is 6.01. The van der Waals surface area contributed by atoms with Gasteiger partial charge in [0.05, 0.1) is 11.3 Å². The van der Waals surface area contributed by atoms with E-state index in [9.17, 15) is 14.7 Å². The Morgan fingerprint density at radius 3 is 2.45 bits per heavy atom. The maximum absolute atomic E-state index is 13.6. The number of halogens is 1. The lowest BCUT2D eigenvalue weighted by molar-refractivity contribution is -0.137. The zero-order chi connectivity index (χ0) is 28.5. The molecule has 212 valence electrons. The summed E-state index contributed by atoms with van der Waals surface area (Å²) in [6.45, 7) is 5.69. The lowest BCUT2D eigenvalue weighted by Crippen LogP contribution is -2.38. The van der Waals surface area contributed by atoms with Gasteiger partial charge in [0.2, 0.25) is 5.95 Å². The second kappa shape index (κ2) is 14.1. The van der Waals surface area contributed by atoms with Crippen molar-refractivity contribution in [3.8, 4) is 5.75 Å². The number of aromatic nitrogens is 2. The fourth-order valence-electron chi connectivity index (χ4n) is 4.81. The molecule has 0 unspecified atom stereocenters. The van der Waals surface area contributed by atoms with Crippen molar-refractivity contribution in [3.05, 3.63) is 82.6 Å². The largest absolute Gasteiger partial charge is 0.487 e. The molecule has 1 N–H and O–H groups in total. The highest BCUT2D eigenvalue weighted by Gasteiger charge is 2.26. The van der Waals surface area contributed by atoms with Crippen LogP contribution in [0, 0.1) is 11.8 Å². The molecule has 8 nitrogen and oxygen atoms in total. The number of anilines is 1. The number of carbonyl (C=O) groups is 2. The van der Waals surface area contributed by atoms with Crippen molar-refractivity contribution in [2.75, 3.05) is 31.1 Å². The van der Waals surface area contributed by atoms with E-state index in [1.807, 2.05) is 19.9 Å². The summed E-state index contributed by atoms with van der Waals surface area (Å²) < 4.78 is 5.97. The molecule has 4 rings (SSSR count). The third kappa shape index (κ3) is 8.42. The van der Waals surface area contributed by atoms with Gasteiger partial charge in [-0.15, -0.1) is 0 Å². The van der Waals surface area contributed by atoms with Gasteiger partial charge in [-0.25, -0.2) is 9.97 Å². The average Bonchev–Trinajstić information content (AvgIpc) is 2.95. The molecule has 40 heavy (non-hydrogen) atoms. The van der Waals surface area contributed by atoms with E-state index < -0.39 is 11.9 Å². The Hall–Kier alpha value is -3.65. The molecule has 0 atom stereocenters. The summed E-state index contributed by atoms with van der Waals surface area (Å²) in [5, 5.41) is 10.0. The van der Waals surface area contributed by atoms with Gasteiger partial charge >= 0.3 is 5.97 Å². The molecule has 1 aliphatic heterocycles. The third-order valence-electron chi connectivity index (χ3n) is 7.13. The molecule has 1 saturated heterocycles. The number of rotatable bonds is 12. The SMILES string of the molecule is CC(C)CCN(CC(=O)O)C(=O)c1cnc(N2CCC(Cc3ccccc3)CC2)nc1COc1ccc(Cl)cc1. The molecular weight excluding hydrogens is 528 g/mol. The van der Waals surface area contributed by atoms with Crippen molar-refractivity contribution in [3.63, 3.8) is 0 Å². The number of ether oxygens (including phenoxy) is 1. The van der Waals surface area contributed by atoms with E-state index in [-0.39, 0.29) is 18.7 Å². The van der Waals surface area contributed by atoms with Crippen molar-refractivity contribution in [1.29, 1.82) is 0 Å². The van der Waals surface area contributed by atoms with Gasteiger partial charge < -0.3 is 19.6 Å². The highest BCUT2D eigenvalue weighted by Crippen LogP contribution is 2.25. The van der Waals surface area contributed by atoms with Crippen LogP contribution in [0.2, 0.25) is 5.02 Å². The van der Waals surface area contributed by atoms with Crippen LogP contribution < -0.4 is 9.64 Å². The molecule has 1 amide bonds. The Kier molecular flexibility index (Phi) is 10.4. The second-order valence-corrected chi connectivity index (χ2v) is 11.1. The first-order valence-corrected chi connectivity index (χ1v) is 14.2. The molecule has 0 spiro atoms. The highest BCUT2D eigenvalue weighted by atomic mass is 35.5. The van der Waals surface area contributed by atoms with Crippen LogP contribution in [0.1, 0.15) is 54.7 Å². The number of aliphatic carboxylic acids is 1. The highest BCUT2D eigenvalue weighted by molar-refractivity contribution is 6.30. The van der Waals surface area contributed by atoms with Crippen LogP contribution in [0.15, 0.2) is 60.8 Å². The van der Waals surface area contributed by atoms with E-state index >= 15 is 0 Å². The Bertz CT molecular complexity index is 1260. The third-order valence-corrected chi connectivity index (χ3v) is 7.38. The Balaban J connectivity index is 1.53. The van der Waals surface area contributed by atoms with Gasteiger partial charge in [-0.2, -0.15) is 0 Å². The lowest BCUT2D eigenvalue weighted by Gasteiger charge is -2.32. The Morgan fingerprint density at radius 2 is 1.80 bits per heavy atom. The van der Waals surface area contributed by atoms with Gasteiger partial charge in [-0.05, 0) is 67.3 Å². The minimum Gasteiger partial charge on any atom is -0.487 e. The number of amides is 1. The van der Waals surface area contributed by atoms with Gasteiger partial charge in [0.15, 0.2) is 0 Å². The first-order chi connectivity index (χ1) is 19.3. The van der Waals surface area contributed by atoms with Crippen molar-refractivity contribution >= 4 is 29.4 Å². The summed E-state index contributed by atoms with van der Waals surface area (Å²) in [6, 6.07) is 17.5. The van der Waals surface area contributed by atoms with Crippen molar-refractivity contribution in [2.45, 2.75) is 46.1 Å². The molecule has 1 fully saturated rings. The van der Waals surface area contributed by atoms with Crippen LogP contribution in [-0.4, -0.2) is 58.0 Å². The smallest absolute Gasteiger partial charge is 0.323 e. The van der Waals surface area contributed by atoms with E-state index in [4.69, 9.17) is 21.3 Å². The zero-order valence-corrected chi connectivity index (χ0v) is 23.9. The van der Waals surface area contributed by atoms with Crippen LogP contribution in [0.5, 0.6) is 5.75 Å². The predicted molar refractivity (Wildman–Crippen MR) is 156 cm³/mol. The maximum Gasteiger partial charge on any atom is 0.323 e. The van der Waals surface area contributed by atoms with Crippen molar-refractivity contribution in [1.82, 2.24) is 14.9 Å². The first-order valence-electron chi connectivity index (χ1n) is 13.8. The minimum absolute atomic E-state index is 0.0355. The molecule has 0 bridgehead atoms. The summed E-state index contributed by atoms with van der Waals surface area (Å²) in [5.74, 6) is 0.583. The van der Waals surface area contributed by atoms with E-state index in [0.29, 0.717) is 47.2 Å². The topological polar surface area (TPSA) is 95.9 Å². The summed E-state index contributed by atoms with van der Waals surface area (Å²) in [5.41, 5.74) is 2.03. The van der Waals surface area contributed by atoms with Gasteiger partial charge in [0.25, 0.3) is 5.91 Å². The molecule has 2 heterocycles. The number of benzene rings is 2. The summed E-state index contributed by atoms with van der Waals surface area (Å²) in [7, 11) is 0. The molecule has 0 saturated carbocycles. The monoisotopic (exact) mass is 564 g/mol. The number of carboxylic acid groups (broad SMARTS) is 1. The minimum atomic E-state index is -1.06. The standard InChI is InChI=1S/C31H37ClN4O4/c1-22(2)12-15-36(20-29(37)38)30(39)27-19-33-31(34-28(27)21-40-26-10-8-25(32)9-11-26)35-16-13-24(14-17-35)18-23-6-4-3-5-7-23/h3-11,19,22,24H,12-18,20-21H2,1-2H3,(H,37,38). The van der Waals surface area contributed by atoms with Gasteiger partial charge in [-0.3, -0.25) is 9.59 Å². The van der Waals surface area contributed by atoms with Crippen LogP contribution in [-0.2, 0) is 17.8 Å². The van der Waals surface area contributed by atoms with Crippen LogP contribution >= 0.6 is 11.6 Å². The van der Waals surface area contributed by atoms with Crippen LogP contribution in [0.25, 0.3) is 0 Å². The molecule has 3 aromatic rings. The van der Waals surface area contributed by atoms with Gasteiger partial charge in [-0.1, -0.05) is 55.8 Å². The Labute approximate surface area is 241 Å². The number of piperidine rings is 1. The first kappa shape index (κ1) is 29.3. The fraction of sp³-hybridized carbons (Fsp3) is 0.419. The molecule has 1 aromatic heterocycles. The molecule has 1 aliphatic rings. The average molecular weight is 565 g/mol. The van der Waals surface area contributed by atoms with Crippen LogP contribution in [0.4, 0.5) is 5.95 Å². The lowest BCUT2D eigenvalue weighted by atomic mass is 9.90. The number of carbonyl (C=O) groups excluding carboxylic acids is 1.